The van der Waals surface area contributed by atoms with E-state index in [4.69, 9.17) is 15.2 Å². The molecule has 2 aromatic carbocycles. The highest BCUT2D eigenvalue weighted by Crippen LogP contribution is 2.38. The van der Waals surface area contributed by atoms with Gasteiger partial charge in [0.05, 0.1) is 30.0 Å². The zero-order valence-electron chi connectivity index (χ0n) is 19.3. The highest BCUT2D eigenvalue weighted by molar-refractivity contribution is 6.01. The van der Waals surface area contributed by atoms with Crippen molar-refractivity contribution in [2.24, 2.45) is 0 Å². The average molecular weight is 449 g/mol. The molecule has 1 amide bonds. The highest BCUT2D eigenvalue weighted by atomic mass is 16.6. The molecule has 174 valence electrons. The number of fused-ring (bicyclic) bond motifs is 1. The molecule has 3 aromatic rings. The molecule has 1 aromatic heterocycles. The van der Waals surface area contributed by atoms with E-state index in [-0.39, 0.29) is 6.09 Å². The third-order valence-electron chi connectivity index (χ3n) is 6.69. The first kappa shape index (κ1) is 21.6. The monoisotopic (exact) mass is 448 g/mol. The number of nitrogen functional groups attached to an aromatic ring is 1. The van der Waals surface area contributed by atoms with Gasteiger partial charge in [-0.2, -0.15) is 0 Å². The first-order valence-corrected chi connectivity index (χ1v) is 12.0. The molecule has 7 nitrogen and oxygen atoms in total. The molecule has 2 saturated heterocycles. The molecule has 0 unspecified atom stereocenters. The van der Waals surface area contributed by atoms with Crippen LogP contribution in [0.1, 0.15) is 26.2 Å². The molecular formula is C26H32N4O3. The molecule has 33 heavy (non-hydrogen) atoms. The van der Waals surface area contributed by atoms with Gasteiger partial charge in [0.25, 0.3) is 0 Å². The fourth-order valence-electron chi connectivity index (χ4n) is 5.00. The minimum Gasteiger partial charge on any atom is -0.493 e. The summed E-state index contributed by atoms with van der Waals surface area (Å²) in [5.74, 6) is 0.880. The standard InChI is InChI=1S/C26H32N4O3/c1-2-29-23-18-21(32-16-5-14-28-12-3-4-13-28)10-11-22(23)24(27)25(29)19-6-8-20(9-7-19)30-15-17-33-26(30)31/h6-11,18H,2-5,12-17,27H2,1H3. The molecule has 0 aliphatic carbocycles. The number of ether oxygens (including phenoxy) is 2. The number of likely N-dealkylation sites (tertiary alicyclic amines) is 1. The first-order valence-electron chi connectivity index (χ1n) is 12.0. The molecule has 0 bridgehead atoms. The number of nitrogens with zero attached hydrogens (tertiary/aromatic N) is 3. The highest BCUT2D eigenvalue weighted by Gasteiger charge is 2.24. The lowest BCUT2D eigenvalue weighted by molar-refractivity contribution is 0.181. The predicted molar refractivity (Wildman–Crippen MR) is 132 cm³/mol. The molecule has 7 heteroatoms. The van der Waals surface area contributed by atoms with Crippen molar-refractivity contribution in [3.05, 3.63) is 42.5 Å². The van der Waals surface area contributed by atoms with Crippen molar-refractivity contribution in [3.8, 4) is 17.0 Å². The summed E-state index contributed by atoms with van der Waals surface area (Å²) in [6.07, 6.45) is 3.39. The van der Waals surface area contributed by atoms with Crippen molar-refractivity contribution in [3.63, 3.8) is 0 Å². The van der Waals surface area contributed by atoms with E-state index in [0.717, 1.165) is 65.4 Å². The molecule has 2 aliphatic rings. The second-order valence-electron chi connectivity index (χ2n) is 8.75. The molecule has 0 radical (unpaired) electrons. The summed E-state index contributed by atoms with van der Waals surface area (Å²) in [5, 5.41) is 1.03. The molecule has 5 rings (SSSR count). The topological polar surface area (TPSA) is 73.0 Å². The van der Waals surface area contributed by atoms with Crippen molar-refractivity contribution in [1.29, 1.82) is 0 Å². The summed E-state index contributed by atoms with van der Waals surface area (Å²) < 4.78 is 13.4. The Morgan fingerprint density at radius 1 is 1.06 bits per heavy atom. The zero-order valence-corrected chi connectivity index (χ0v) is 19.3. The van der Waals surface area contributed by atoms with E-state index in [2.05, 4.69) is 28.5 Å². The number of hydrogen-bond acceptors (Lipinski definition) is 5. The van der Waals surface area contributed by atoms with Crippen molar-refractivity contribution < 1.29 is 14.3 Å². The summed E-state index contributed by atoms with van der Waals surface area (Å²) in [6.45, 7) is 8.20. The van der Waals surface area contributed by atoms with Gasteiger partial charge in [-0.25, -0.2) is 4.79 Å². The van der Waals surface area contributed by atoms with Crippen LogP contribution in [-0.4, -0.2) is 55.0 Å². The minimum atomic E-state index is -0.294. The molecule has 0 atom stereocenters. The van der Waals surface area contributed by atoms with Crippen LogP contribution < -0.4 is 15.4 Å². The maximum Gasteiger partial charge on any atom is 0.414 e. The maximum atomic E-state index is 11.9. The van der Waals surface area contributed by atoms with Gasteiger partial charge in [-0.15, -0.1) is 0 Å². The normalized spacial score (nSPS) is 16.6. The van der Waals surface area contributed by atoms with Gasteiger partial charge >= 0.3 is 6.09 Å². The number of aromatic nitrogens is 1. The Labute approximate surface area is 194 Å². The molecule has 2 aliphatic heterocycles. The maximum absolute atomic E-state index is 11.9. The Morgan fingerprint density at radius 2 is 1.85 bits per heavy atom. The molecule has 3 heterocycles. The second-order valence-corrected chi connectivity index (χ2v) is 8.75. The molecular weight excluding hydrogens is 416 g/mol. The van der Waals surface area contributed by atoms with E-state index in [1.807, 2.05) is 30.3 Å². The van der Waals surface area contributed by atoms with E-state index >= 15 is 0 Å². The quantitative estimate of drug-likeness (QED) is 0.504. The Kier molecular flexibility index (Phi) is 6.13. The molecule has 2 fully saturated rings. The van der Waals surface area contributed by atoms with Crippen LogP contribution in [0.15, 0.2) is 42.5 Å². The number of amides is 1. The Hall–Kier alpha value is -3.19. The van der Waals surface area contributed by atoms with Gasteiger partial charge in [0.15, 0.2) is 0 Å². The molecule has 0 saturated carbocycles. The third kappa shape index (κ3) is 4.25. The lowest BCUT2D eigenvalue weighted by atomic mass is 10.1. The van der Waals surface area contributed by atoms with Crippen LogP contribution in [0.25, 0.3) is 22.2 Å². The van der Waals surface area contributed by atoms with Gasteiger partial charge in [-0.1, -0.05) is 12.1 Å². The van der Waals surface area contributed by atoms with E-state index in [0.29, 0.717) is 13.2 Å². The van der Waals surface area contributed by atoms with E-state index < -0.39 is 0 Å². The van der Waals surface area contributed by atoms with Crippen molar-refractivity contribution >= 4 is 28.4 Å². The molecule has 0 spiro atoms. The number of anilines is 2. The van der Waals surface area contributed by atoms with Gasteiger partial charge in [0, 0.05) is 35.8 Å². The number of cyclic esters (lactones) is 1. The van der Waals surface area contributed by atoms with Crippen LogP contribution in [0.5, 0.6) is 5.75 Å². The van der Waals surface area contributed by atoms with E-state index in [9.17, 15) is 4.79 Å². The fourth-order valence-corrected chi connectivity index (χ4v) is 5.00. The van der Waals surface area contributed by atoms with Gasteiger partial charge in [-0.05, 0) is 63.5 Å². The number of rotatable bonds is 8. The molecule has 2 N–H and O–H groups in total. The van der Waals surface area contributed by atoms with E-state index in [1.54, 1.807) is 4.90 Å². The van der Waals surface area contributed by atoms with Gasteiger partial charge in [0.2, 0.25) is 0 Å². The summed E-state index contributed by atoms with van der Waals surface area (Å²) in [6, 6.07) is 14.1. The Bertz CT molecular complexity index is 1130. The lowest BCUT2D eigenvalue weighted by Gasteiger charge is -2.15. The summed E-state index contributed by atoms with van der Waals surface area (Å²) >= 11 is 0. The fraction of sp³-hybridized carbons (Fsp3) is 0.423. The number of aryl methyl sites for hydroxylation is 1. The van der Waals surface area contributed by atoms with Gasteiger partial charge in [0.1, 0.15) is 12.4 Å². The summed E-state index contributed by atoms with van der Waals surface area (Å²) in [4.78, 5) is 16.0. The summed E-state index contributed by atoms with van der Waals surface area (Å²) in [5.41, 5.74) is 11.3. The lowest BCUT2D eigenvalue weighted by Crippen LogP contribution is -2.23. The Morgan fingerprint density at radius 3 is 2.55 bits per heavy atom. The van der Waals surface area contributed by atoms with Crippen LogP contribution in [0.3, 0.4) is 0 Å². The van der Waals surface area contributed by atoms with Gasteiger partial charge in [-0.3, -0.25) is 4.90 Å². The smallest absolute Gasteiger partial charge is 0.414 e. The average Bonchev–Trinajstić information content (AvgIpc) is 3.57. The summed E-state index contributed by atoms with van der Waals surface area (Å²) in [7, 11) is 0. The number of nitrogens with two attached hydrogens (primary N) is 1. The minimum absolute atomic E-state index is 0.294. The SMILES string of the molecule is CCn1c(-c2ccc(N3CCOC3=O)cc2)c(N)c2ccc(OCCCN3CCCC3)cc21. The van der Waals surface area contributed by atoms with Crippen LogP contribution in [0.4, 0.5) is 16.2 Å². The third-order valence-corrected chi connectivity index (χ3v) is 6.69. The van der Waals surface area contributed by atoms with Crippen molar-refractivity contribution in [1.82, 2.24) is 9.47 Å². The van der Waals surface area contributed by atoms with Crippen LogP contribution in [0, 0.1) is 0 Å². The zero-order chi connectivity index (χ0) is 22.8. The van der Waals surface area contributed by atoms with Crippen LogP contribution in [-0.2, 0) is 11.3 Å². The van der Waals surface area contributed by atoms with Crippen LogP contribution in [0.2, 0.25) is 0 Å². The Balaban J connectivity index is 1.36. The van der Waals surface area contributed by atoms with E-state index in [1.165, 1.54) is 25.9 Å². The van der Waals surface area contributed by atoms with Crippen molar-refractivity contribution in [2.45, 2.75) is 32.7 Å². The van der Waals surface area contributed by atoms with Crippen LogP contribution >= 0.6 is 0 Å². The largest absolute Gasteiger partial charge is 0.493 e. The number of carbonyl (C=O) groups excluding carboxylic acids is 1. The first-order chi connectivity index (χ1) is 16.2. The second kappa shape index (κ2) is 9.35. The number of benzene rings is 2. The van der Waals surface area contributed by atoms with Crippen molar-refractivity contribution in [2.75, 3.05) is 50.0 Å². The number of hydrogen-bond donors (Lipinski definition) is 1. The predicted octanol–water partition coefficient (Wildman–Crippen LogP) is 4.73. The number of carbonyl (C=O) groups is 1. The van der Waals surface area contributed by atoms with Gasteiger partial charge < -0.3 is 24.7 Å².